The number of halogens is 5. The number of aryl methyl sites for hydroxylation is 1. The van der Waals surface area contributed by atoms with Gasteiger partial charge in [0.25, 0.3) is 5.91 Å². The summed E-state index contributed by atoms with van der Waals surface area (Å²) in [5.41, 5.74) is 1.57. The Balaban J connectivity index is 0.000000604. The number of nitrogens with zero attached hydrogens (tertiary/aromatic N) is 1. The fourth-order valence-corrected chi connectivity index (χ4v) is 3.01. The predicted molar refractivity (Wildman–Crippen MR) is 122 cm³/mol. The largest absolute Gasteiger partial charge is 0.507 e. The Hall–Kier alpha value is -3.17. The number of nitrogens with one attached hydrogen (secondary N) is 1. The van der Waals surface area contributed by atoms with Crippen molar-refractivity contribution in [2.24, 2.45) is 0 Å². The molecule has 2 aromatic carbocycles. The van der Waals surface area contributed by atoms with Gasteiger partial charge in [0.15, 0.2) is 0 Å². The number of anilines is 1. The number of carbonyl (C=O) groups is 1. The lowest BCUT2D eigenvalue weighted by Gasteiger charge is -2.12. The molecule has 182 valence electrons. The number of amides is 1. The number of rotatable bonds is 4. The smallest absolute Gasteiger partial charge is 0.388 e. The van der Waals surface area contributed by atoms with Crippen LogP contribution in [-0.4, -0.2) is 27.3 Å². The van der Waals surface area contributed by atoms with Crippen LogP contribution >= 0.6 is 11.6 Å². The first-order valence-electron chi connectivity index (χ1n) is 10.1. The number of aliphatic hydroxyl groups excluding tert-OH is 1. The molecule has 34 heavy (non-hydrogen) atoms. The zero-order chi connectivity index (χ0) is 25.6. The normalized spacial score (nSPS) is 11.9. The van der Waals surface area contributed by atoms with Crippen molar-refractivity contribution in [2.45, 2.75) is 39.5 Å². The number of carbonyl (C=O) groups excluding carboxylic acids is 1. The minimum absolute atomic E-state index is 0.0106. The van der Waals surface area contributed by atoms with Crippen molar-refractivity contribution in [3.63, 3.8) is 0 Å². The molecular formula is C24H23ClF4N2O3. The van der Waals surface area contributed by atoms with E-state index in [2.05, 4.69) is 10.3 Å². The quantitative estimate of drug-likeness (QED) is 0.345. The average Bonchev–Trinajstić information content (AvgIpc) is 2.76. The highest BCUT2D eigenvalue weighted by atomic mass is 35.5. The predicted octanol–water partition coefficient (Wildman–Crippen LogP) is 6.82. The Bertz CT molecular complexity index is 1170. The molecule has 1 unspecified atom stereocenters. The van der Waals surface area contributed by atoms with Crippen LogP contribution in [0, 0.1) is 12.7 Å². The first-order chi connectivity index (χ1) is 15.8. The number of phenolic OH excluding ortho intramolecular Hbond substituents is 1. The van der Waals surface area contributed by atoms with E-state index < -0.39 is 36.2 Å². The van der Waals surface area contributed by atoms with Crippen LogP contribution in [0.1, 0.15) is 48.0 Å². The maximum atomic E-state index is 14.7. The van der Waals surface area contributed by atoms with Crippen LogP contribution in [0.4, 0.5) is 23.2 Å². The highest BCUT2D eigenvalue weighted by molar-refractivity contribution is 6.31. The van der Waals surface area contributed by atoms with Gasteiger partial charge in [-0.3, -0.25) is 4.79 Å². The van der Waals surface area contributed by atoms with Crippen LogP contribution in [0.2, 0.25) is 5.02 Å². The van der Waals surface area contributed by atoms with E-state index in [1.165, 1.54) is 19.1 Å². The summed E-state index contributed by atoms with van der Waals surface area (Å²) in [4.78, 5) is 16.6. The van der Waals surface area contributed by atoms with Gasteiger partial charge in [-0.05, 0) is 49.7 Å². The molecule has 0 bridgehead atoms. The molecule has 10 heteroatoms. The van der Waals surface area contributed by atoms with Crippen LogP contribution in [0.3, 0.4) is 0 Å². The van der Waals surface area contributed by atoms with E-state index in [9.17, 15) is 32.6 Å². The fourth-order valence-electron chi connectivity index (χ4n) is 2.74. The number of alkyl halides is 3. The SMILES string of the molecule is CCC(F)(F)F.Cc1ccccc1NC(=O)c1cc(F)c(-c2ccc(Cl)c(C(C)O)n2)cc1O. The fraction of sp³-hybridized carbons (Fsp3) is 0.250. The topological polar surface area (TPSA) is 82.5 Å². The number of phenols is 1. The van der Waals surface area contributed by atoms with Gasteiger partial charge in [-0.2, -0.15) is 13.2 Å². The summed E-state index contributed by atoms with van der Waals surface area (Å²) >= 11 is 5.99. The Kier molecular flexibility index (Phi) is 9.00. The van der Waals surface area contributed by atoms with E-state index in [0.717, 1.165) is 24.6 Å². The minimum Gasteiger partial charge on any atom is -0.507 e. The molecule has 3 N–H and O–H groups in total. The van der Waals surface area contributed by atoms with Gasteiger partial charge in [0.05, 0.1) is 28.1 Å². The Labute approximate surface area is 199 Å². The van der Waals surface area contributed by atoms with E-state index in [1.54, 1.807) is 12.1 Å². The van der Waals surface area contributed by atoms with Crippen molar-refractivity contribution < 1.29 is 32.6 Å². The lowest BCUT2D eigenvalue weighted by atomic mass is 10.0. The van der Waals surface area contributed by atoms with Crippen LogP contribution in [0.5, 0.6) is 5.75 Å². The van der Waals surface area contributed by atoms with Crippen LogP contribution < -0.4 is 5.32 Å². The Morgan fingerprint density at radius 2 is 1.79 bits per heavy atom. The van der Waals surface area contributed by atoms with Gasteiger partial charge in [-0.1, -0.05) is 36.7 Å². The molecule has 0 saturated carbocycles. The van der Waals surface area contributed by atoms with E-state index >= 15 is 0 Å². The number of aromatic hydroxyl groups is 1. The van der Waals surface area contributed by atoms with Gasteiger partial charge in [0.1, 0.15) is 11.6 Å². The summed E-state index contributed by atoms with van der Waals surface area (Å²) in [5, 5.41) is 22.9. The summed E-state index contributed by atoms with van der Waals surface area (Å²) in [5.74, 6) is -1.76. The van der Waals surface area contributed by atoms with Crippen LogP contribution in [0.25, 0.3) is 11.3 Å². The summed E-state index contributed by atoms with van der Waals surface area (Å²) < 4.78 is 47.1. The van der Waals surface area contributed by atoms with Crippen molar-refractivity contribution in [3.05, 3.63) is 76.2 Å². The lowest BCUT2D eigenvalue weighted by molar-refractivity contribution is -0.130. The molecule has 0 saturated heterocycles. The molecule has 0 aliphatic rings. The first kappa shape index (κ1) is 27.1. The molecule has 5 nitrogen and oxygen atoms in total. The highest BCUT2D eigenvalue weighted by Crippen LogP contribution is 2.32. The number of para-hydroxylation sites is 1. The third-order valence-electron chi connectivity index (χ3n) is 4.67. The molecule has 0 aliphatic carbocycles. The molecular weight excluding hydrogens is 476 g/mol. The maximum Gasteiger partial charge on any atom is 0.388 e. The summed E-state index contributed by atoms with van der Waals surface area (Å²) in [6, 6.07) is 12.2. The van der Waals surface area contributed by atoms with Gasteiger partial charge >= 0.3 is 6.18 Å². The standard InChI is InChI=1S/C21H18ClFN2O3.C3H5F3/c1-11-5-3-4-6-17(11)25-21(28)14-9-16(23)13(10-19(14)27)18-8-7-15(22)20(24-18)12(2)26;1-2-3(4,5)6/h3-10,12,26-27H,1-2H3,(H,25,28);2H2,1H3. The second-order valence-electron chi connectivity index (χ2n) is 7.33. The number of benzene rings is 2. The van der Waals surface area contributed by atoms with Gasteiger partial charge < -0.3 is 15.5 Å². The third-order valence-corrected chi connectivity index (χ3v) is 4.99. The van der Waals surface area contributed by atoms with Gasteiger partial charge in [-0.25, -0.2) is 9.37 Å². The van der Waals surface area contributed by atoms with E-state index in [0.29, 0.717) is 5.69 Å². The number of pyridine rings is 1. The first-order valence-corrected chi connectivity index (χ1v) is 10.5. The molecule has 0 fully saturated rings. The molecule has 1 aromatic heterocycles. The summed E-state index contributed by atoms with van der Waals surface area (Å²) in [6.45, 7) is 4.40. The monoisotopic (exact) mass is 498 g/mol. The van der Waals surface area contributed by atoms with Crippen LogP contribution in [-0.2, 0) is 0 Å². The molecule has 0 radical (unpaired) electrons. The Morgan fingerprint density at radius 1 is 1.18 bits per heavy atom. The second-order valence-corrected chi connectivity index (χ2v) is 7.73. The average molecular weight is 499 g/mol. The molecule has 0 spiro atoms. The zero-order valence-electron chi connectivity index (χ0n) is 18.5. The lowest BCUT2D eigenvalue weighted by Crippen LogP contribution is -2.13. The number of hydrogen-bond acceptors (Lipinski definition) is 4. The van der Waals surface area contributed by atoms with E-state index in [-0.39, 0.29) is 27.5 Å². The highest BCUT2D eigenvalue weighted by Gasteiger charge is 2.22. The van der Waals surface area contributed by atoms with Crippen molar-refractivity contribution in [1.29, 1.82) is 0 Å². The second kappa shape index (κ2) is 11.3. The number of hydrogen-bond donors (Lipinski definition) is 3. The van der Waals surface area contributed by atoms with Gasteiger partial charge in [0.2, 0.25) is 0 Å². The third kappa shape index (κ3) is 7.16. The molecule has 1 amide bonds. The molecule has 1 atom stereocenters. The Morgan fingerprint density at radius 3 is 2.35 bits per heavy atom. The van der Waals surface area contributed by atoms with Crippen LogP contribution in [0.15, 0.2) is 48.5 Å². The van der Waals surface area contributed by atoms with Crippen molar-refractivity contribution in [2.75, 3.05) is 5.32 Å². The molecule has 1 heterocycles. The van der Waals surface area contributed by atoms with Gasteiger partial charge in [0, 0.05) is 17.7 Å². The maximum absolute atomic E-state index is 14.7. The number of aromatic nitrogens is 1. The molecule has 3 rings (SSSR count). The van der Waals surface area contributed by atoms with Crippen molar-refractivity contribution in [3.8, 4) is 17.0 Å². The number of aliphatic hydroxyl groups is 1. The van der Waals surface area contributed by atoms with E-state index in [1.807, 2.05) is 19.1 Å². The summed E-state index contributed by atoms with van der Waals surface area (Å²) in [7, 11) is 0. The minimum atomic E-state index is -3.96. The van der Waals surface area contributed by atoms with Crippen molar-refractivity contribution >= 4 is 23.2 Å². The molecule has 3 aromatic rings. The summed E-state index contributed by atoms with van der Waals surface area (Å²) in [6.07, 6.45) is -5.63. The zero-order valence-corrected chi connectivity index (χ0v) is 19.3. The molecule has 0 aliphatic heterocycles. The van der Waals surface area contributed by atoms with Gasteiger partial charge in [-0.15, -0.1) is 0 Å². The van der Waals surface area contributed by atoms with E-state index in [4.69, 9.17) is 11.6 Å². The van der Waals surface area contributed by atoms with Crippen molar-refractivity contribution in [1.82, 2.24) is 4.98 Å².